The Balaban J connectivity index is 2.82. The molecule has 0 aliphatic rings. The molecule has 0 fully saturated rings. The molecule has 0 atom stereocenters. The average molecular weight is 192 g/mol. The molecular formula is C11H16N2O. The van der Waals surface area contributed by atoms with Crippen molar-refractivity contribution in [1.29, 1.82) is 0 Å². The van der Waals surface area contributed by atoms with Crippen molar-refractivity contribution in [2.75, 3.05) is 0 Å². The van der Waals surface area contributed by atoms with E-state index in [9.17, 15) is 4.79 Å². The first-order valence-corrected chi connectivity index (χ1v) is 4.83. The van der Waals surface area contributed by atoms with Gasteiger partial charge in [-0.1, -0.05) is 13.8 Å². The molecule has 1 aromatic rings. The molecule has 1 heterocycles. The molecule has 3 heteroatoms. The van der Waals surface area contributed by atoms with Gasteiger partial charge < -0.3 is 0 Å². The average Bonchev–Trinajstić information content (AvgIpc) is 2.01. The molecule has 0 aromatic carbocycles. The van der Waals surface area contributed by atoms with E-state index in [1.807, 2.05) is 33.8 Å². The number of rotatable bonds is 3. The summed E-state index contributed by atoms with van der Waals surface area (Å²) in [6.45, 7) is 7.57. The lowest BCUT2D eigenvalue weighted by Gasteiger charge is -2.04. The number of ketones is 1. The van der Waals surface area contributed by atoms with Gasteiger partial charge in [-0.15, -0.1) is 0 Å². The van der Waals surface area contributed by atoms with Crippen molar-refractivity contribution >= 4 is 5.78 Å². The van der Waals surface area contributed by atoms with Crippen LogP contribution in [0.25, 0.3) is 0 Å². The van der Waals surface area contributed by atoms with Crippen molar-refractivity contribution in [3.8, 4) is 0 Å². The summed E-state index contributed by atoms with van der Waals surface area (Å²) >= 11 is 0. The van der Waals surface area contributed by atoms with E-state index in [0.717, 1.165) is 17.2 Å². The van der Waals surface area contributed by atoms with Gasteiger partial charge in [-0.3, -0.25) is 4.79 Å². The Hall–Kier alpha value is -1.25. The van der Waals surface area contributed by atoms with Crippen LogP contribution in [0.3, 0.4) is 0 Å². The maximum Gasteiger partial charge on any atom is 0.141 e. The molecule has 0 radical (unpaired) electrons. The van der Waals surface area contributed by atoms with E-state index < -0.39 is 0 Å². The SMILES string of the molecule is Cc1cc(CC(=O)C(C)C)nc(C)n1. The lowest BCUT2D eigenvalue weighted by atomic mass is 10.0. The highest BCUT2D eigenvalue weighted by Crippen LogP contribution is 2.05. The van der Waals surface area contributed by atoms with Gasteiger partial charge in [0.15, 0.2) is 0 Å². The molecule has 0 saturated heterocycles. The minimum absolute atomic E-state index is 0.0746. The molecule has 1 rings (SSSR count). The third-order valence-corrected chi connectivity index (χ3v) is 2.02. The lowest BCUT2D eigenvalue weighted by Crippen LogP contribution is -2.12. The van der Waals surface area contributed by atoms with E-state index in [1.54, 1.807) is 0 Å². The Labute approximate surface area is 84.6 Å². The van der Waals surface area contributed by atoms with Gasteiger partial charge in [0.1, 0.15) is 11.6 Å². The van der Waals surface area contributed by atoms with Crippen LogP contribution in [0.15, 0.2) is 6.07 Å². The Bertz CT molecular complexity index is 325. The lowest BCUT2D eigenvalue weighted by molar-refractivity contribution is -0.121. The topological polar surface area (TPSA) is 42.9 Å². The van der Waals surface area contributed by atoms with Gasteiger partial charge in [-0.25, -0.2) is 9.97 Å². The second-order valence-electron chi connectivity index (χ2n) is 3.85. The van der Waals surface area contributed by atoms with Crippen LogP contribution in [0, 0.1) is 19.8 Å². The van der Waals surface area contributed by atoms with Crippen molar-refractivity contribution in [2.45, 2.75) is 34.1 Å². The Morgan fingerprint density at radius 3 is 2.50 bits per heavy atom. The van der Waals surface area contributed by atoms with Crippen LogP contribution in [-0.2, 0) is 11.2 Å². The van der Waals surface area contributed by atoms with Gasteiger partial charge in [0.05, 0.1) is 5.69 Å². The van der Waals surface area contributed by atoms with Crippen LogP contribution >= 0.6 is 0 Å². The van der Waals surface area contributed by atoms with E-state index in [4.69, 9.17) is 0 Å². The standard InChI is InChI=1S/C11H16N2O/c1-7(2)11(14)6-10-5-8(3)12-9(4)13-10/h5,7H,6H2,1-4H3. The normalized spacial score (nSPS) is 10.6. The monoisotopic (exact) mass is 192 g/mol. The third kappa shape index (κ3) is 2.91. The van der Waals surface area contributed by atoms with Crippen LogP contribution in [-0.4, -0.2) is 15.8 Å². The Morgan fingerprint density at radius 2 is 2.00 bits per heavy atom. The van der Waals surface area contributed by atoms with Crippen LogP contribution in [0.2, 0.25) is 0 Å². The second kappa shape index (κ2) is 4.31. The molecule has 3 nitrogen and oxygen atoms in total. The van der Waals surface area contributed by atoms with Crippen molar-refractivity contribution in [3.63, 3.8) is 0 Å². The molecule has 0 bridgehead atoms. The van der Waals surface area contributed by atoms with Gasteiger partial charge in [0, 0.05) is 18.0 Å². The van der Waals surface area contributed by atoms with Gasteiger partial charge in [0.2, 0.25) is 0 Å². The number of carbonyl (C=O) groups excluding carboxylic acids is 1. The van der Waals surface area contributed by atoms with Crippen molar-refractivity contribution < 1.29 is 4.79 Å². The molecule has 14 heavy (non-hydrogen) atoms. The molecule has 0 aliphatic heterocycles. The van der Waals surface area contributed by atoms with E-state index in [2.05, 4.69) is 9.97 Å². The number of carbonyl (C=O) groups is 1. The van der Waals surface area contributed by atoms with E-state index >= 15 is 0 Å². The number of aromatic nitrogens is 2. The van der Waals surface area contributed by atoms with E-state index in [1.165, 1.54) is 0 Å². The van der Waals surface area contributed by atoms with Crippen LogP contribution in [0.1, 0.15) is 31.1 Å². The molecular weight excluding hydrogens is 176 g/mol. The molecule has 1 aromatic heterocycles. The number of hydrogen-bond donors (Lipinski definition) is 0. The first kappa shape index (κ1) is 10.8. The summed E-state index contributed by atoms with van der Waals surface area (Å²) in [5, 5.41) is 0. The van der Waals surface area contributed by atoms with Crippen LogP contribution in [0.4, 0.5) is 0 Å². The molecule has 0 aliphatic carbocycles. The summed E-state index contributed by atoms with van der Waals surface area (Å²) in [7, 11) is 0. The van der Waals surface area contributed by atoms with Gasteiger partial charge in [0.25, 0.3) is 0 Å². The minimum atomic E-state index is 0.0746. The predicted octanol–water partition coefficient (Wildman–Crippen LogP) is 1.86. The van der Waals surface area contributed by atoms with Gasteiger partial charge in [-0.05, 0) is 19.9 Å². The molecule has 0 N–H and O–H groups in total. The predicted molar refractivity (Wildman–Crippen MR) is 55.1 cm³/mol. The number of aryl methyl sites for hydroxylation is 2. The first-order chi connectivity index (χ1) is 6.49. The second-order valence-corrected chi connectivity index (χ2v) is 3.85. The smallest absolute Gasteiger partial charge is 0.141 e. The van der Waals surface area contributed by atoms with Crippen LogP contribution in [0.5, 0.6) is 0 Å². The van der Waals surface area contributed by atoms with Crippen molar-refractivity contribution in [3.05, 3.63) is 23.3 Å². The third-order valence-electron chi connectivity index (χ3n) is 2.02. The maximum absolute atomic E-state index is 11.5. The Morgan fingerprint density at radius 1 is 1.36 bits per heavy atom. The highest BCUT2D eigenvalue weighted by atomic mass is 16.1. The summed E-state index contributed by atoms with van der Waals surface area (Å²) in [5.74, 6) is 1.03. The molecule has 0 spiro atoms. The van der Waals surface area contributed by atoms with Gasteiger partial charge in [-0.2, -0.15) is 0 Å². The van der Waals surface area contributed by atoms with E-state index in [0.29, 0.717) is 6.42 Å². The highest BCUT2D eigenvalue weighted by Gasteiger charge is 2.09. The van der Waals surface area contributed by atoms with Crippen molar-refractivity contribution in [1.82, 2.24) is 9.97 Å². The van der Waals surface area contributed by atoms with Crippen LogP contribution < -0.4 is 0 Å². The van der Waals surface area contributed by atoms with E-state index in [-0.39, 0.29) is 11.7 Å². The zero-order valence-corrected chi connectivity index (χ0v) is 9.16. The summed E-state index contributed by atoms with van der Waals surface area (Å²) in [6.07, 6.45) is 0.419. The number of nitrogens with zero attached hydrogens (tertiary/aromatic N) is 2. The zero-order valence-electron chi connectivity index (χ0n) is 9.16. The summed E-state index contributed by atoms with van der Waals surface area (Å²) in [6, 6.07) is 1.87. The minimum Gasteiger partial charge on any atom is -0.299 e. The summed E-state index contributed by atoms with van der Waals surface area (Å²) < 4.78 is 0. The molecule has 0 amide bonds. The highest BCUT2D eigenvalue weighted by molar-refractivity contribution is 5.82. The van der Waals surface area contributed by atoms with Crippen molar-refractivity contribution in [2.24, 2.45) is 5.92 Å². The Kier molecular flexibility index (Phi) is 3.33. The fraction of sp³-hybridized carbons (Fsp3) is 0.545. The largest absolute Gasteiger partial charge is 0.299 e. The molecule has 0 saturated carbocycles. The first-order valence-electron chi connectivity index (χ1n) is 4.83. The zero-order chi connectivity index (χ0) is 10.7. The fourth-order valence-corrected chi connectivity index (χ4v) is 1.27. The molecule has 76 valence electrons. The fourth-order valence-electron chi connectivity index (χ4n) is 1.27. The number of Topliss-reactive ketones (excluding diaryl/α,β-unsaturated/α-hetero) is 1. The maximum atomic E-state index is 11.5. The summed E-state index contributed by atoms with van der Waals surface area (Å²) in [5.41, 5.74) is 1.75. The molecule has 0 unspecified atom stereocenters. The quantitative estimate of drug-likeness (QED) is 0.734. The summed E-state index contributed by atoms with van der Waals surface area (Å²) in [4.78, 5) is 19.9. The van der Waals surface area contributed by atoms with Gasteiger partial charge >= 0.3 is 0 Å². The number of hydrogen-bond acceptors (Lipinski definition) is 3.